The second-order valence-electron chi connectivity index (χ2n) is 4.67. The van der Waals surface area contributed by atoms with Gasteiger partial charge in [-0.15, -0.1) is 0 Å². The molecule has 3 atom stereocenters. The minimum absolute atomic E-state index is 0.339. The lowest BCUT2D eigenvalue weighted by Gasteiger charge is -2.32. The summed E-state index contributed by atoms with van der Waals surface area (Å²) in [7, 11) is 0. The van der Waals surface area contributed by atoms with Crippen LogP contribution < -0.4 is 0 Å². The van der Waals surface area contributed by atoms with Crippen LogP contribution in [0.2, 0.25) is 0 Å². The predicted octanol–water partition coefficient (Wildman–Crippen LogP) is 1.53. The van der Waals surface area contributed by atoms with Crippen molar-refractivity contribution in [3.05, 3.63) is 0 Å². The van der Waals surface area contributed by atoms with Crippen molar-refractivity contribution >= 4 is 11.6 Å². The Kier molecular flexibility index (Phi) is 1.49. The van der Waals surface area contributed by atoms with Gasteiger partial charge in [-0.3, -0.25) is 14.0 Å². The number of hydrogen-bond acceptors (Lipinski definition) is 2. The molecule has 72 valence electrons. The van der Waals surface area contributed by atoms with Crippen LogP contribution >= 0.6 is 0 Å². The zero-order valence-electron chi connectivity index (χ0n) is 7.89. The average molecular weight is 184 g/mol. The molecule has 2 saturated carbocycles. The lowest BCUT2D eigenvalue weighted by molar-refractivity contribution is -0.141. The monoisotopic (exact) mass is 184 g/mol. The minimum Gasteiger partial charge on any atom is -0.291 e. The summed E-state index contributed by atoms with van der Waals surface area (Å²) in [5, 5.41) is 0. The topological polar surface area (TPSA) is 34.1 Å². The second kappa shape index (κ2) is 2.20. The molecule has 0 aromatic heterocycles. The summed E-state index contributed by atoms with van der Waals surface area (Å²) >= 11 is 0. The maximum Gasteiger partial charge on any atom is 0.205 e. The maximum atomic E-state index is 12.9. The summed E-state index contributed by atoms with van der Waals surface area (Å²) < 4.78 is 12.9. The van der Waals surface area contributed by atoms with E-state index in [4.69, 9.17) is 0 Å². The Hall–Kier alpha value is -0.730. The summed E-state index contributed by atoms with van der Waals surface area (Å²) in [4.78, 5) is 23.0. The average Bonchev–Trinajstić information content (AvgIpc) is 2.44. The normalized spacial score (nSPS) is 49.0. The van der Waals surface area contributed by atoms with E-state index in [1.54, 1.807) is 13.8 Å². The van der Waals surface area contributed by atoms with Crippen LogP contribution in [0.3, 0.4) is 0 Å². The molecule has 0 radical (unpaired) electrons. The highest BCUT2D eigenvalue weighted by atomic mass is 19.1. The number of fused-ring (bicyclic) bond motifs is 2. The standard InChI is InChI=1S/C10H13FO2/c1-9-4-3-6(7(12)8(9)13)10(9,2)5-11/h6H,3-5H2,1-2H3/t6-,9-,10-/m0/s1. The molecular formula is C10H13FO2. The van der Waals surface area contributed by atoms with Gasteiger partial charge in [-0.1, -0.05) is 13.8 Å². The number of Topliss-reactive ketones (excluding diaryl/α,β-unsaturated/α-hetero) is 2. The summed E-state index contributed by atoms with van der Waals surface area (Å²) in [6.07, 6.45) is 1.35. The third-order valence-corrected chi connectivity index (χ3v) is 4.28. The first-order valence-electron chi connectivity index (χ1n) is 4.62. The van der Waals surface area contributed by atoms with Gasteiger partial charge in [-0.05, 0) is 12.8 Å². The molecule has 0 aliphatic heterocycles. The number of hydrogen-bond donors (Lipinski definition) is 0. The molecule has 3 heteroatoms. The third kappa shape index (κ3) is 0.697. The Morgan fingerprint density at radius 1 is 1.46 bits per heavy atom. The van der Waals surface area contributed by atoms with Crippen molar-refractivity contribution in [1.82, 2.24) is 0 Å². The molecule has 2 aliphatic rings. The van der Waals surface area contributed by atoms with Gasteiger partial charge in [0.15, 0.2) is 0 Å². The van der Waals surface area contributed by atoms with Crippen molar-refractivity contribution in [2.45, 2.75) is 26.7 Å². The number of ketones is 2. The van der Waals surface area contributed by atoms with Gasteiger partial charge in [0.25, 0.3) is 0 Å². The number of carbonyl (C=O) groups is 2. The Morgan fingerprint density at radius 2 is 2.08 bits per heavy atom. The molecule has 2 fully saturated rings. The van der Waals surface area contributed by atoms with E-state index in [1.807, 2.05) is 0 Å². The molecule has 0 aromatic carbocycles. The summed E-state index contributed by atoms with van der Waals surface area (Å²) in [6, 6.07) is 0. The lowest BCUT2D eigenvalue weighted by atomic mass is 9.70. The van der Waals surface area contributed by atoms with E-state index < -0.39 is 17.5 Å². The SMILES string of the molecule is C[C@]12CC[C@@H](C(=O)C1=O)[C@]2(C)CF. The minimum atomic E-state index is -0.721. The number of alkyl halides is 1. The highest BCUT2D eigenvalue weighted by Crippen LogP contribution is 2.62. The molecule has 0 amide bonds. The van der Waals surface area contributed by atoms with Crippen LogP contribution in [0.5, 0.6) is 0 Å². The molecule has 13 heavy (non-hydrogen) atoms. The van der Waals surface area contributed by atoms with E-state index in [0.29, 0.717) is 12.8 Å². The molecule has 0 unspecified atom stereocenters. The smallest absolute Gasteiger partial charge is 0.205 e. The Bertz CT molecular complexity index is 299. The molecule has 0 saturated heterocycles. The van der Waals surface area contributed by atoms with E-state index in [9.17, 15) is 14.0 Å². The van der Waals surface area contributed by atoms with Crippen LogP contribution in [-0.4, -0.2) is 18.2 Å². The highest BCUT2D eigenvalue weighted by Gasteiger charge is 2.68. The van der Waals surface area contributed by atoms with Crippen molar-refractivity contribution in [2.75, 3.05) is 6.67 Å². The lowest BCUT2D eigenvalue weighted by Crippen LogP contribution is -2.36. The fourth-order valence-corrected chi connectivity index (χ4v) is 2.89. The van der Waals surface area contributed by atoms with Crippen LogP contribution in [0, 0.1) is 16.7 Å². The largest absolute Gasteiger partial charge is 0.291 e. The Morgan fingerprint density at radius 3 is 2.38 bits per heavy atom. The van der Waals surface area contributed by atoms with Crippen molar-refractivity contribution in [1.29, 1.82) is 0 Å². The first-order chi connectivity index (χ1) is 5.97. The summed E-state index contributed by atoms with van der Waals surface area (Å²) in [5.41, 5.74) is -1.44. The fraction of sp³-hybridized carbons (Fsp3) is 0.800. The quantitative estimate of drug-likeness (QED) is 0.579. The molecule has 0 N–H and O–H groups in total. The first kappa shape index (κ1) is 8.85. The summed E-state index contributed by atoms with van der Waals surface area (Å²) in [6.45, 7) is 2.90. The van der Waals surface area contributed by atoms with Gasteiger partial charge < -0.3 is 0 Å². The number of halogens is 1. The Labute approximate surface area is 76.5 Å². The van der Waals surface area contributed by atoms with E-state index in [2.05, 4.69) is 0 Å². The van der Waals surface area contributed by atoms with Crippen LogP contribution in [0.4, 0.5) is 4.39 Å². The predicted molar refractivity (Wildman–Crippen MR) is 44.9 cm³/mol. The molecule has 2 bridgehead atoms. The van der Waals surface area contributed by atoms with Gasteiger partial charge in [0.05, 0.1) is 6.67 Å². The van der Waals surface area contributed by atoms with Crippen LogP contribution in [0.25, 0.3) is 0 Å². The highest BCUT2D eigenvalue weighted by molar-refractivity contribution is 6.43. The van der Waals surface area contributed by atoms with Gasteiger partial charge in [0.2, 0.25) is 11.6 Å². The van der Waals surface area contributed by atoms with Gasteiger partial charge in [0, 0.05) is 16.7 Å². The number of carbonyl (C=O) groups excluding carboxylic acids is 2. The van der Waals surface area contributed by atoms with E-state index in [-0.39, 0.29) is 17.5 Å². The van der Waals surface area contributed by atoms with Crippen molar-refractivity contribution < 1.29 is 14.0 Å². The van der Waals surface area contributed by atoms with E-state index in [0.717, 1.165) is 0 Å². The molecule has 2 aliphatic carbocycles. The molecule has 0 heterocycles. The molecule has 2 rings (SSSR count). The first-order valence-corrected chi connectivity index (χ1v) is 4.62. The molecular weight excluding hydrogens is 171 g/mol. The van der Waals surface area contributed by atoms with Gasteiger partial charge in [-0.25, -0.2) is 0 Å². The van der Waals surface area contributed by atoms with Crippen molar-refractivity contribution in [2.24, 2.45) is 16.7 Å². The van der Waals surface area contributed by atoms with Gasteiger partial charge >= 0.3 is 0 Å². The molecule has 2 nitrogen and oxygen atoms in total. The van der Waals surface area contributed by atoms with Crippen molar-refractivity contribution in [3.8, 4) is 0 Å². The van der Waals surface area contributed by atoms with Gasteiger partial charge in [-0.2, -0.15) is 0 Å². The summed E-state index contributed by atoms with van der Waals surface area (Å²) in [5.74, 6) is -1.03. The van der Waals surface area contributed by atoms with Gasteiger partial charge in [0.1, 0.15) is 0 Å². The van der Waals surface area contributed by atoms with E-state index >= 15 is 0 Å². The zero-order valence-corrected chi connectivity index (χ0v) is 7.89. The maximum absolute atomic E-state index is 12.9. The van der Waals surface area contributed by atoms with E-state index in [1.165, 1.54) is 0 Å². The fourth-order valence-electron chi connectivity index (χ4n) is 2.89. The third-order valence-electron chi connectivity index (χ3n) is 4.28. The van der Waals surface area contributed by atoms with Crippen molar-refractivity contribution in [3.63, 3.8) is 0 Å². The van der Waals surface area contributed by atoms with Crippen LogP contribution in [0.1, 0.15) is 26.7 Å². The number of rotatable bonds is 1. The zero-order chi connectivity index (χ0) is 9.85. The van der Waals surface area contributed by atoms with Crippen LogP contribution in [0.15, 0.2) is 0 Å². The van der Waals surface area contributed by atoms with Crippen LogP contribution in [-0.2, 0) is 9.59 Å². The molecule has 0 spiro atoms. The second-order valence-corrected chi connectivity index (χ2v) is 4.67. The Balaban J connectivity index is 2.55. The molecule has 0 aromatic rings.